The largest absolute Gasteiger partial charge is 0.493 e. The number of amides is 1. The number of hydrogen-bond acceptors (Lipinski definition) is 4. The number of carbonyl (C=O) groups is 1. The number of halogens is 1. The molecule has 1 atom stereocenters. The first-order chi connectivity index (χ1) is 10.6. The van der Waals surface area contributed by atoms with E-state index in [1.54, 1.807) is 25.3 Å². The lowest BCUT2D eigenvalue weighted by Crippen LogP contribution is -2.36. The predicted molar refractivity (Wildman–Crippen MR) is 93.9 cm³/mol. The highest BCUT2D eigenvalue weighted by Gasteiger charge is 2.18. The van der Waals surface area contributed by atoms with Gasteiger partial charge in [-0.2, -0.15) is 0 Å². The van der Waals surface area contributed by atoms with Crippen LogP contribution >= 0.6 is 12.4 Å². The molecule has 5 nitrogen and oxygen atoms in total. The molecule has 0 bridgehead atoms. The number of methoxy groups -OCH3 is 1. The van der Waals surface area contributed by atoms with Gasteiger partial charge in [-0.05, 0) is 43.5 Å². The SMILES string of the molecule is COc1cc(C(=O)NC2CCNC2)ccc1OCCC(C)C.Cl. The Morgan fingerprint density at radius 2 is 2.17 bits per heavy atom. The maximum absolute atomic E-state index is 12.2. The van der Waals surface area contributed by atoms with Crippen molar-refractivity contribution in [2.24, 2.45) is 5.92 Å². The van der Waals surface area contributed by atoms with Crippen molar-refractivity contribution in [1.82, 2.24) is 10.6 Å². The summed E-state index contributed by atoms with van der Waals surface area (Å²) in [5, 5.41) is 6.26. The zero-order valence-electron chi connectivity index (χ0n) is 14.1. The summed E-state index contributed by atoms with van der Waals surface area (Å²) in [4.78, 5) is 12.2. The first-order valence-corrected chi connectivity index (χ1v) is 7.92. The van der Waals surface area contributed by atoms with Crippen molar-refractivity contribution in [3.05, 3.63) is 23.8 Å². The van der Waals surface area contributed by atoms with Crippen LogP contribution in [0.4, 0.5) is 0 Å². The van der Waals surface area contributed by atoms with Gasteiger partial charge in [-0.15, -0.1) is 12.4 Å². The number of nitrogens with one attached hydrogen (secondary N) is 2. The average molecular weight is 343 g/mol. The minimum absolute atomic E-state index is 0. The maximum Gasteiger partial charge on any atom is 0.251 e. The lowest BCUT2D eigenvalue weighted by atomic mass is 10.1. The fraction of sp³-hybridized carbons (Fsp3) is 0.588. The van der Waals surface area contributed by atoms with Gasteiger partial charge >= 0.3 is 0 Å². The van der Waals surface area contributed by atoms with Crippen LogP contribution in [0.2, 0.25) is 0 Å². The highest BCUT2D eigenvalue weighted by atomic mass is 35.5. The van der Waals surface area contributed by atoms with E-state index in [0.717, 1.165) is 25.9 Å². The number of carbonyl (C=O) groups excluding carboxylic acids is 1. The Balaban J connectivity index is 0.00000264. The molecule has 1 amide bonds. The molecule has 1 aromatic carbocycles. The lowest BCUT2D eigenvalue weighted by molar-refractivity contribution is 0.0939. The van der Waals surface area contributed by atoms with Crippen molar-refractivity contribution >= 4 is 18.3 Å². The number of hydrogen-bond donors (Lipinski definition) is 2. The van der Waals surface area contributed by atoms with E-state index in [2.05, 4.69) is 24.5 Å². The van der Waals surface area contributed by atoms with E-state index >= 15 is 0 Å². The smallest absolute Gasteiger partial charge is 0.251 e. The maximum atomic E-state index is 12.2. The van der Waals surface area contributed by atoms with Crippen LogP contribution in [-0.4, -0.2) is 38.8 Å². The van der Waals surface area contributed by atoms with Crippen molar-refractivity contribution in [3.63, 3.8) is 0 Å². The Morgan fingerprint density at radius 3 is 2.78 bits per heavy atom. The zero-order chi connectivity index (χ0) is 15.9. The molecular weight excluding hydrogens is 316 g/mol. The second-order valence-corrected chi connectivity index (χ2v) is 6.06. The fourth-order valence-electron chi connectivity index (χ4n) is 2.38. The third kappa shape index (κ3) is 5.92. The number of rotatable bonds is 7. The lowest BCUT2D eigenvalue weighted by Gasteiger charge is -2.14. The summed E-state index contributed by atoms with van der Waals surface area (Å²) in [6, 6.07) is 5.54. The molecule has 1 saturated heterocycles. The standard InChI is InChI=1S/C17H26N2O3.ClH/c1-12(2)7-9-22-15-5-4-13(10-16(15)21-3)17(20)19-14-6-8-18-11-14;/h4-5,10,12,14,18H,6-9,11H2,1-3H3,(H,19,20);1H. The quantitative estimate of drug-likeness (QED) is 0.799. The second-order valence-electron chi connectivity index (χ2n) is 6.06. The number of benzene rings is 1. The van der Waals surface area contributed by atoms with Gasteiger partial charge in [0.15, 0.2) is 11.5 Å². The molecule has 0 spiro atoms. The van der Waals surface area contributed by atoms with Crippen molar-refractivity contribution in [1.29, 1.82) is 0 Å². The van der Waals surface area contributed by atoms with Crippen LogP contribution in [-0.2, 0) is 0 Å². The van der Waals surface area contributed by atoms with E-state index in [1.807, 2.05) is 0 Å². The summed E-state index contributed by atoms with van der Waals surface area (Å²) >= 11 is 0. The van der Waals surface area contributed by atoms with Crippen LogP contribution in [0.3, 0.4) is 0 Å². The van der Waals surface area contributed by atoms with E-state index < -0.39 is 0 Å². The van der Waals surface area contributed by atoms with Crippen molar-refractivity contribution < 1.29 is 14.3 Å². The van der Waals surface area contributed by atoms with E-state index in [4.69, 9.17) is 9.47 Å². The molecule has 2 N–H and O–H groups in total. The minimum atomic E-state index is -0.0688. The molecule has 23 heavy (non-hydrogen) atoms. The van der Waals surface area contributed by atoms with Crippen LogP contribution in [0, 0.1) is 5.92 Å². The molecule has 2 rings (SSSR count). The summed E-state index contributed by atoms with van der Waals surface area (Å²) in [5.74, 6) is 1.81. The third-order valence-electron chi connectivity index (χ3n) is 3.77. The van der Waals surface area contributed by atoms with Gasteiger partial charge in [0.1, 0.15) is 0 Å². The van der Waals surface area contributed by atoms with Crippen LogP contribution in [0.15, 0.2) is 18.2 Å². The number of ether oxygens (including phenoxy) is 2. The molecule has 1 aliphatic heterocycles. The highest BCUT2D eigenvalue weighted by molar-refractivity contribution is 5.95. The van der Waals surface area contributed by atoms with Gasteiger partial charge in [0.25, 0.3) is 5.91 Å². The minimum Gasteiger partial charge on any atom is -0.493 e. The topological polar surface area (TPSA) is 59.6 Å². The molecule has 0 aliphatic carbocycles. The molecule has 1 heterocycles. The van der Waals surface area contributed by atoms with Crippen molar-refractivity contribution in [2.75, 3.05) is 26.8 Å². The van der Waals surface area contributed by atoms with Gasteiger partial charge in [0.2, 0.25) is 0 Å². The molecule has 1 fully saturated rings. The predicted octanol–water partition coefficient (Wildman–Crippen LogP) is 2.63. The van der Waals surface area contributed by atoms with E-state index in [9.17, 15) is 4.79 Å². The molecule has 1 aromatic rings. The third-order valence-corrected chi connectivity index (χ3v) is 3.77. The molecule has 130 valence electrons. The van der Waals surface area contributed by atoms with E-state index in [0.29, 0.717) is 29.6 Å². The van der Waals surface area contributed by atoms with Crippen LogP contribution in [0.1, 0.15) is 37.0 Å². The fourth-order valence-corrected chi connectivity index (χ4v) is 2.38. The van der Waals surface area contributed by atoms with Crippen LogP contribution < -0.4 is 20.1 Å². The molecule has 1 unspecified atom stereocenters. The van der Waals surface area contributed by atoms with Gasteiger partial charge < -0.3 is 20.1 Å². The Hall–Kier alpha value is -1.46. The Morgan fingerprint density at radius 1 is 1.39 bits per heavy atom. The summed E-state index contributed by atoms with van der Waals surface area (Å²) in [7, 11) is 1.59. The highest BCUT2D eigenvalue weighted by Crippen LogP contribution is 2.28. The Labute approximate surface area is 144 Å². The molecule has 0 radical (unpaired) electrons. The molecule has 0 aromatic heterocycles. The van der Waals surface area contributed by atoms with Gasteiger partial charge in [0, 0.05) is 18.2 Å². The first-order valence-electron chi connectivity index (χ1n) is 7.92. The van der Waals surface area contributed by atoms with Crippen LogP contribution in [0.25, 0.3) is 0 Å². The normalized spacial score (nSPS) is 16.8. The molecule has 1 aliphatic rings. The van der Waals surface area contributed by atoms with Crippen LogP contribution in [0.5, 0.6) is 11.5 Å². The monoisotopic (exact) mass is 342 g/mol. The second kappa shape index (κ2) is 9.63. The Kier molecular flexibility index (Phi) is 8.20. The van der Waals surface area contributed by atoms with E-state index in [1.165, 1.54) is 0 Å². The van der Waals surface area contributed by atoms with Gasteiger partial charge in [-0.25, -0.2) is 0 Å². The van der Waals surface area contributed by atoms with Gasteiger partial charge in [-0.3, -0.25) is 4.79 Å². The summed E-state index contributed by atoms with van der Waals surface area (Å²) in [5.41, 5.74) is 0.597. The van der Waals surface area contributed by atoms with Gasteiger partial charge in [0.05, 0.1) is 13.7 Å². The van der Waals surface area contributed by atoms with Crippen molar-refractivity contribution in [3.8, 4) is 11.5 Å². The summed E-state index contributed by atoms with van der Waals surface area (Å²) < 4.78 is 11.1. The molecule has 6 heteroatoms. The van der Waals surface area contributed by atoms with Crippen molar-refractivity contribution in [2.45, 2.75) is 32.7 Å². The molecular formula is C17H27ClN2O3. The van der Waals surface area contributed by atoms with Gasteiger partial charge in [-0.1, -0.05) is 13.8 Å². The average Bonchev–Trinajstić information content (AvgIpc) is 3.00. The summed E-state index contributed by atoms with van der Waals surface area (Å²) in [6.07, 6.45) is 1.96. The molecule has 0 saturated carbocycles. The first kappa shape index (κ1) is 19.6. The zero-order valence-corrected chi connectivity index (χ0v) is 14.9. The van der Waals surface area contributed by atoms with E-state index in [-0.39, 0.29) is 24.4 Å². The Bertz CT molecular complexity index is 503. The summed E-state index contributed by atoms with van der Waals surface area (Å²) in [6.45, 7) is 6.75.